The molecule has 1 amide bonds. The molecule has 140 valence electrons. The monoisotopic (exact) mass is 364 g/mol. The van der Waals surface area contributed by atoms with Crippen molar-refractivity contribution in [3.63, 3.8) is 0 Å². The van der Waals surface area contributed by atoms with Gasteiger partial charge in [-0.2, -0.15) is 0 Å². The van der Waals surface area contributed by atoms with E-state index >= 15 is 0 Å². The van der Waals surface area contributed by atoms with Gasteiger partial charge >= 0.3 is 0 Å². The van der Waals surface area contributed by atoms with E-state index in [9.17, 15) is 9.59 Å². The van der Waals surface area contributed by atoms with Gasteiger partial charge in [0.15, 0.2) is 0 Å². The van der Waals surface area contributed by atoms with Crippen LogP contribution in [0.5, 0.6) is 0 Å². The van der Waals surface area contributed by atoms with Gasteiger partial charge < -0.3 is 15.2 Å². The van der Waals surface area contributed by atoms with Crippen LogP contribution in [0.2, 0.25) is 0 Å². The van der Waals surface area contributed by atoms with E-state index in [2.05, 4.69) is 27.4 Å². The molecule has 27 heavy (non-hydrogen) atoms. The van der Waals surface area contributed by atoms with Crippen LogP contribution in [0.15, 0.2) is 41.5 Å². The highest BCUT2D eigenvalue weighted by atomic mass is 16.2. The summed E-state index contributed by atoms with van der Waals surface area (Å²) in [5.41, 5.74) is 2.22. The highest BCUT2D eigenvalue weighted by Gasteiger charge is 2.56. The molecule has 2 aromatic rings. The maximum atomic E-state index is 13.8. The molecule has 3 aliphatic heterocycles. The van der Waals surface area contributed by atoms with E-state index in [1.54, 1.807) is 0 Å². The van der Waals surface area contributed by atoms with Gasteiger partial charge in [0, 0.05) is 24.2 Å². The number of H-pyrrole nitrogens is 1. The molecule has 6 heteroatoms. The van der Waals surface area contributed by atoms with Crippen molar-refractivity contribution >= 4 is 5.91 Å². The normalized spacial score (nSPS) is 29.0. The topological polar surface area (TPSA) is 78.1 Å². The lowest BCUT2D eigenvalue weighted by molar-refractivity contribution is -0.144. The van der Waals surface area contributed by atoms with Gasteiger partial charge in [-0.25, -0.2) is 4.98 Å². The first-order chi connectivity index (χ1) is 13.2. The smallest absolute Gasteiger partial charge is 0.254 e. The van der Waals surface area contributed by atoms with E-state index < -0.39 is 0 Å². The summed E-state index contributed by atoms with van der Waals surface area (Å²) in [5, 5.41) is 3.67. The summed E-state index contributed by atoms with van der Waals surface area (Å²) in [4.78, 5) is 34.7. The zero-order valence-electron chi connectivity index (χ0n) is 15.3. The zero-order chi connectivity index (χ0) is 18.4. The predicted octanol–water partition coefficient (Wildman–Crippen LogP) is 1.41. The molecule has 2 saturated heterocycles. The van der Waals surface area contributed by atoms with Crippen LogP contribution in [0, 0.1) is 5.41 Å². The van der Waals surface area contributed by atoms with Crippen molar-refractivity contribution in [3.8, 4) is 0 Å². The lowest BCUT2D eigenvalue weighted by Crippen LogP contribution is -2.53. The Hall–Kier alpha value is -2.47. The molecule has 1 aromatic carbocycles. The first-order valence-electron chi connectivity index (χ1n) is 9.80. The van der Waals surface area contributed by atoms with Gasteiger partial charge in [-0.15, -0.1) is 0 Å². The van der Waals surface area contributed by atoms with Crippen molar-refractivity contribution in [2.75, 3.05) is 6.54 Å². The summed E-state index contributed by atoms with van der Waals surface area (Å²) in [6, 6.07) is 11.0. The fourth-order valence-corrected chi connectivity index (χ4v) is 5.32. The van der Waals surface area contributed by atoms with Crippen LogP contribution in [0.1, 0.15) is 36.1 Å². The fourth-order valence-electron chi connectivity index (χ4n) is 5.32. The molecule has 0 saturated carbocycles. The average Bonchev–Trinajstić information content (AvgIpc) is 3.30. The van der Waals surface area contributed by atoms with E-state index in [1.165, 1.54) is 11.9 Å². The van der Waals surface area contributed by atoms with Crippen LogP contribution in [0.3, 0.4) is 0 Å². The van der Waals surface area contributed by atoms with Gasteiger partial charge in [-0.05, 0) is 37.7 Å². The second-order valence-corrected chi connectivity index (χ2v) is 8.15. The molecule has 0 aliphatic carbocycles. The number of rotatable bonds is 3. The number of fused-ring (bicyclic) bond motifs is 3. The Morgan fingerprint density at radius 2 is 2.11 bits per heavy atom. The summed E-state index contributed by atoms with van der Waals surface area (Å²) in [6.07, 6.45) is 5.91. The lowest BCUT2D eigenvalue weighted by atomic mass is 9.68. The highest BCUT2D eigenvalue weighted by Crippen LogP contribution is 2.47. The second kappa shape index (κ2) is 6.30. The molecule has 2 fully saturated rings. The van der Waals surface area contributed by atoms with Crippen LogP contribution in [-0.4, -0.2) is 39.4 Å². The van der Waals surface area contributed by atoms with Crippen molar-refractivity contribution in [1.82, 2.24) is 20.2 Å². The third-order valence-electron chi connectivity index (χ3n) is 6.60. The minimum atomic E-state index is -0.386. The summed E-state index contributed by atoms with van der Waals surface area (Å²) < 4.78 is 0. The van der Waals surface area contributed by atoms with Crippen LogP contribution in [0.25, 0.3) is 0 Å². The third kappa shape index (κ3) is 2.70. The summed E-state index contributed by atoms with van der Waals surface area (Å²) in [6.45, 7) is 1.03. The van der Waals surface area contributed by atoms with Gasteiger partial charge in [-0.3, -0.25) is 9.59 Å². The highest BCUT2D eigenvalue weighted by molar-refractivity contribution is 5.85. The van der Waals surface area contributed by atoms with Gasteiger partial charge in [0.25, 0.3) is 5.56 Å². The summed E-state index contributed by atoms with van der Waals surface area (Å²) >= 11 is 0. The Balaban J connectivity index is 1.46. The van der Waals surface area contributed by atoms with Crippen LogP contribution in [0.4, 0.5) is 0 Å². The Kier molecular flexibility index (Phi) is 3.90. The number of nitrogens with zero attached hydrogens (tertiary/aromatic N) is 2. The molecule has 0 unspecified atom stereocenters. The summed E-state index contributed by atoms with van der Waals surface area (Å²) in [7, 11) is 0. The van der Waals surface area contributed by atoms with Crippen molar-refractivity contribution in [2.45, 2.75) is 50.7 Å². The van der Waals surface area contributed by atoms with Gasteiger partial charge in [0.2, 0.25) is 5.91 Å². The SMILES string of the molecule is O=C(N1CCc2c(nc[nH]c2=O)C1)[C@]1(Cc2ccccc2)C[C@@H]2CC[C@H]1N2. The van der Waals surface area contributed by atoms with E-state index in [0.717, 1.165) is 36.9 Å². The zero-order valence-corrected chi connectivity index (χ0v) is 15.3. The molecule has 3 atom stereocenters. The number of carbonyl (C=O) groups excluding carboxylic acids is 1. The lowest BCUT2D eigenvalue weighted by Gasteiger charge is -2.40. The standard InChI is InChI=1S/C21H24N4O2/c26-19-16-8-9-25(12-17(16)22-13-23-19)20(27)21(10-14-4-2-1-3-5-14)11-15-6-7-18(21)24-15/h1-5,13,15,18,24H,6-12H2,(H,22,23,26)/t15-,18+,21+/m0/s1. The van der Waals surface area contributed by atoms with Crippen LogP contribution >= 0.6 is 0 Å². The quantitative estimate of drug-likeness (QED) is 0.863. The first-order valence-corrected chi connectivity index (χ1v) is 9.80. The first kappa shape index (κ1) is 16.7. The number of benzene rings is 1. The van der Waals surface area contributed by atoms with Gasteiger partial charge in [0.1, 0.15) is 0 Å². The van der Waals surface area contributed by atoms with Crippen molar-refractivity contribution < 1.29 is 4.79 Å². The second-order valence-electron chi connectivity index (χ2n) is 8.15. The maximum Gasteiger partial charge on any atom is 0.254 e. The molecule has 0 spiro atoms. The van der Waals surface area contributed by atoms with Crippen molar-refractivity contribution in [2.24, 2.45) is 5.41 Å². The van der Waals surface area contributed by atoms with Gasteiger partial charge in [0.05, 0.1) is 24.0 Å². The van der Waals surface area contributed by atoms with Crippen LogP contribution in [-0.2, 0) is 24.2 Å². The molecular weight excluding hydrogens is 340 g/mol. The van der Waals surface area contributed by atoms with E-state index in [4.69, 9.17) is 0 Å². The van der Waals surface area contributed by atoms with Crippen molar-refractivity contribution in [1.29, 1.82) is 0 Å². The number of nitrogens with one attached hydrogen (secondary N) is 2. The van der Waals surface area contributed by atoms with Crippen molar-refractivity contribution in [3.05, 3.63) is 63.8 Å². The third-order valence-corrected chi connectivity index (χ3v) is 6.60. The van der Waals surface area contributed by atoms with Crippen LogP contribution < -0.4 is 10.9 Å². The van der Waals surface area contributed by atoms with Gasteiger partial charge in [-0.1, -0.05) is 30.3 Å². The Morgan fingerprint density at radius 1 is 1.26 bits per heavy atom. The molecule has 5 rings (SSSR count). The molecule has 6 nitrogen and oxygen atoms in total. The summed E-state index contributed by atoms with van der Waals surface area (Å²) in [5.74, 6) is 0.221. The van der Waals surface area contributed by atoms with E-state index in [1.807, 2.05) is 23.1 Å². The minimum Gasteiger partial charge on any atom is -0.336 e. The molecular formula is C21H24N4O2. The average molecular weight is 364 g/mol. The molecule has 2 N–H and O–H groups in total. The number of aromatic amines is 1. The number of carbonyl (C=O) groups is 1. The molecule has 3 aliphatic rings. The molecule has 2 bridgehead atoms. The molecule has 1 aromatic heterocycles. The van der Waals surface area contributed by atoms with E-state index in [-0.39, 0.29) is 22.9 Å². The fraction of sp³-hybridized carbons (Fsp3) is 0.476. The number of aromatic nitrogens is 2. The molecule has 4 heterocycles. The largest absolute Gasteiger partial charge is 0.336 e. The maximum absolute atomic E-state index is 13.8. The van der Waals surface area contributed by atoms with E-state index in [0.29, 0.717) is 25.6 Å². The Bertz CT molecular complexity index is 925. The Morgan fingerprint density at radius 3 is 2.85 bits per heavy atom. The minimum absolute atomic E-state index is 0.0762. The molecule has 0 radical (unpaired) electrons. The predicted molar refractivity (Wildman–Crippen MR) is 101 cm³/mol. The Labute approximate surface area is 158 Å². The number of hydrogen-bond acceptors (Lipinski definition) is 4. The number of hydrogen-bond donors (Lipinski definition) is 2. The number of amides is 1.